The van der Waals surface area contributed by atoms with Gasteiger partial charge in [-0.2, -0.15) is 0 Å². The van der Waals surface area contributed by atoms with E-state index < -0.39 is 0 Å². The molecular formula is C12H18O2. The lowest BCUT2D eigenvalue weighted by atomic mass is 9.61. The van der Waals surface area contributed by atoms with Gasteiger partial charge in [-0.05, 0) is 31.6 Å². The van der Waals surface area contributed by atoms with E-state index in [-0.39, 0.29) is 17.0 Å². The van der Waals surface area contributed by atoms with Crippen LogP contribution in [0.15, 0.2) is 12.7 Å². The fraction of sp³-hybridized carbons (Fsp3) is 0.750. The molecule has 1 saturated carbocycles. The Morgan fingerprint density at radius 1 is 1.50 bits per heavy atom. The Hall–Kier alpha value is -0.790. The topological polar surface area (TPSA) is 26.3 Å². The largest absolute Gasteiger partial charge is 0.459 e. The van der Waals surface area contributed by atoms with E-state index in [0.29, 0.717) is 12.3 Å². The number of fused-ring (bicyclic) bond motifs is 1. The molecule has 0 N–H and O–H groups in total. The molecule has 0 amide bonds. The average Bonchev–Trinajstić information content (AvgIpc) is 2.42. The second-order valence-corrected chi connectivity index (χ2v) is 5.11. The van der Waals surface area contributed by atoms with Crippen molar-refractivity contribution in [3.05, 3.63) is 12.7 Å². The highest BCUT2D eigenvalue weighted by molar-refractivity contribution is 5.73. The van der Waals surface area contributed by atoms with E-state index in [4.69, 9.17) is 4.74 Å². The minimum Gasteiger partial charge on any atom is -0.459 e. The summed E-state index contributed by atoms with van der Waals surface area (Å²) in [5.41, 5.74) is -0.141. The van der Waals surface area contributed by atoms with Crippen LogP contribution in [0, 0.1) is 11.3 Å². The molecule has 0 unspecified atom stereocenters. The molecule has 2 aliphatic rings. The molecule has 0 bridgehead atoms. The lowest BCUT2D eigenvalue weighted by molar-refractivity contribution is -0.151. The molecule has 1 saturated heterocycles. The van der Waals surface area contributed by atoms with Crippen molar-refractivity contribution in [3.63, 3.8) is 0 Å². The number of esters is 1. The monoisotopic (exact) mass is 194 g/mol. The Balaban J connectivity index is 2.34. The molecule has 2 fully saturated rings. The van der Waals surface area contributed by atoms with Gasteiger partial charge in [0, 0.05) is 5.92 Å². The predicted molar refractivity (Wildman–Crippen MR) is 54.8 cm³/mol. The second-order valence-electron chi connectivity index (χ2n) is 5.11. The van der Waals surface area contributed by atoms with Crippen molar-refractivity contribution in [3.8, 4) is 0 Å². The van der Waals surface area contributed by atoms with Gasteiger partial charge >= 0.3 is 5.97 Å². The zero-order valence-corrected chi connectivity index (χ0v) is 9.01. The Morgan fingerprint density at radius 3 is 2.86 bits per heavy atom. The van der Waals surface area contributed by atoms with Crippen molar-refractivity contribution >= 4 is 5.97 Å². The van der Waals surface area contributed by atoms with Gasteiger partial charge in [-0.15, -0.1) is 6.58 Å². The van der Waals surface area contributed by atoms with Gasteiger partial charge in [-0.3, -0.25) is 4.79 Å². The van der Waals surface area contributed by atoms with Gasteiger partial charge in [0.15, 0.2) is 0 Å². The quantitative estimate of drug-likeness (QED) is 0.474. The van der Waals surface area contributed by atoms with Gasteiger partial charge in [-0.1, -0.05) is 13.0 Å². The van der Waals surface area contributed by atoms with Crippen molar-refractivity contribution < 1.29 is 9.53 Å². The molecule has 0 aromatic carbocycles. The van der Waals surface area contributed by atoms with Crippen LogP contribution in [0.1, 0.15) is 39.5 Å². The molecule has 2 nitrogen and oxygen atoms in total. The lowest BCUT2D eigenvalue weighted by Crippen LogP contribution is -2.44. The highest BCUT2D eigenvalue weighted by atomic mass is 16.6. The molecule has 14 heavy (non-hydrogen) atoms. The molecule has 1 aliphatic heterocycles. The smallest absolute Gasteiger partial charge is 0.306 e. The van der Waals surface area contributed by atoms with Crippen molar-refractivity contribution in [1.29, 1.82) is 0 Å². The summed E-state index contributed by atoms with van der Waals surface area (Å²) in [7, 11) is 0. The number of hydrogen-bond acceptors (Lipinski definition) is 2. The van der Waals surface area contributed by atoms with Crippen LogP contribution in [0.3, 0.4) is 0 Å². The first-order valence-electron chi connectivity index (χ1n) is 5.36. The van der Waals surface area contributed by atoms with E-state index in [2.05, 4.69) is 20.4 Å². The van der Waals surface area contributed by atoms with Crippen LogP contribution in [0.5, 0.6) is 0 Å². The third-order valence-electron chi connectivity index (χ3n) is 4.11. The fourth-order valence-corrected chi connectivity index (χ4v) is 3.15. The molecule has 2 heteroatoms. The summed E-state index contributed by atoms with van der Waals surface area (Å²) < 4.78 is 5.46. The van der Waals surface area contributed by atoms with Crippen LogP contribution in [0.4, 0.5) is 0 Å². The standard InChI is InChI=1S/C12H18O2/c1-4-11(2)6-5-7-12(3)9(11)8-10(13)14-12/h4,9H,1,5-8H2,2-3H3/t9-,11-,12+/m0/s1. The normalized spacial score (nSPS) is 47.0. The number of ether oxygens (including phenoxy) is 1. The van der Waals surface area contributed by atoms with E-state index in [0.717, 1.165) is 19.3 Å². The maximum atomic E-state index is 11.4. The van der Waals surface area contributed by atoms with Crippen molar-refractivity contribution in [2.24, 2.45) is 11.3 Å². The zero-order chi connectivity index (χ0) is 10.4. The third-order valence-corrected chi connectivity index (χ3v) is 4.11. The first kappa shape index (κ1) is 9.75. The molecule has 0 radical (unpaired) electrons. The van der Waals surface area contributed by atoms with E-state index in [1.165, 1.54) is 0 Å². The summed E-state index contributed by atoms with van der Waals surface area (Å²) >= 11 is 0. The SMILES string of the molecule is C=C[C@@]1(C)CCC[C@@]2(C)OC(=O)C[C@@H]12. The summed E-state index contributed by atoms with van der Waals surface area (Å²) in [6.45, 7) is 8.18. The molecule has 1 heterocycles. The van der Waals surface area contributed by atoms with Crippen LogP contribution in [-0.2, 0) is 9.53 Å². The molecule has 0 aromatic rings. The van der Waals surface area contributed by atoms with Crippen LogP contribution in [0.2, 0.25) is 0 Å². The van der Waals surface area contributed by atoms with Gasteiger partial charge < -0.3 is 4.74 Å². The molecule has 2 rings (SSSR count). The summed E-state index contributed by atoms with van der Waals surface area (Å²) in [6, 6.07) is 0. The number of hydrogen-bond donors (Lipinski definition) is 0. The minimum atomic E-state index is -0.224. The average molecular weight is 194 g/mol. The first-order valence-corrected chi connectivity index (χ1v) is 5.36. The van der Waals surface area contributed by atoms with Crippen LogP contribution < -0.4 is 0 Å². The van der Waals surface area contributed by atoms with E-state index >= 15 is 0 Å². The predicted octanol–water partition coefficient (Wildman–Crippen LogP) is 2.68. The first-order chi connectivity index (χ1) is 6.50. The molecule has 0 aromatic heterocycles. The highest BCUT2D eigenvalue weighted by Crippen LogP contribution is 2.53. The zero-order valence-electron chi connectivity index (χ0n) is 9.01. The summed E-state index contributed by atoms with van der Waals surface area (Å²) in [5, 5.41) is 0. The van der Waals surface area contributed by atoms with E-state index in [9.17, 15) is 4.79 Å². The van der Waals surface area contributed by atoms with Crippen LogP contribution in [0.25, 0.3) is 0 Å². The van der Waals surface area contributed by atoms with Gasteiger partial charge in [-0.25, -0.2) is 0 Å². The van der Waals surface area contributed by atoms with Crippen LogP contribution >= 0.6 is 0 Å². The highest BCUT2D eigenvalue weighted by Gasteiger charge is 2.54. The second kappa shape index (κ2) is 2.85. The van der Waals surface area contributed by atoms with Gasteiger partial charge in [0.25, 0.3) is 0 Å². The maximum absolute atomic E-state index is 11.4. The number of carbonyl (C=O) groups is 1. The van der Waals surface area contributed by atoms with Crippen molar-refractivity contribution in [2.75, 3.05) is 0 Å². The van der Waals surface area contributed by atoms with Crippen LogP contribution in [-0.4, -0.2) is 11.6 Å². The van der Waals surface area contributed by atoms with E-state index in [1.54, 1.807) is 0 Å². The summed E-state index contributed by atoms with van der Waals surface area (Å²) in [5.74, 6) is 0.293. The molecule has 3 atom stereocenters. The Labute approximate surface area is 85.3 Å². The maximum Gasteiger partial charge on any atom is 0.306 e. The summed E-state index contributed by atoms with van der Waals surface area (Å²) in [4.78, 5) is 11.4. The minimum absolute atomic E-state index is 0.0347. The molecule has 1 aliphatic carbocycles. The lowest BCUT2D eigenvalue weighted by Gasteiger charge is -2.45. The Bertz CT molecular complexity index is 284. The van der Waals surface area contributed by atoms with Crippen molar-refractivity contribution in [1.82, 2.24) is 0 Å². The molecule has 0 spiro atoms. The number of rotatable bonds is 1. The molecular weight excluding hydrogens is 176 g/mol. The van der Waals surface area contributed by atoms with Gasteiger partial charge in [0.05, 0.1) is 6.42 Å². The third kappa shape index (κ3) is 1.20. The van der Waals surface area contributed by atoms with Gasteiger partial charge in [0.2, 0.25) is 0 Å². The number of allylic oxidation sites excluding steroid dienone is 1. The Morgan fingerprint density at radius 2 is 2.21 bits per heavy atom. The molecule has 78 valence electrons. The summed E-state index contributed by atoms with van der Waals surface area (Å²) in [6.07, 6.45) is 5.85. The van der Waals surface area contributed by atoms with Gasteiger partial charge in [0.1, 0.15) is 5.60 Å². The van der Waals surface area contributed by atoms with Crippen molar-refractivity contribution in [2.45, 2.75) is 45.1 Å². The number of carbonyl (C=O) groups excluding carboxylic acids is 1. The Kier molecular flexibility index (Phi) is 1.98. The fourth-order valence-electron chi connectivity index (χ4n) is 3.15. The van der Waals surface area contributed by atoms with E-state index in [1.807, 2.05) is 6.08 Å².